The second-order valence-corrected chi connectivity index (χ2v) is 6.64. The van der Waals surface area contributed by atoms with Crippen LogP contribution in [0.15, 0.2) is 18.2 Å². The number of rotatable bonds is 6. The van der Waals surface area contributed by atoms with E-state index in [4.69, 9.17) is 5.73 Å². The molecule has 0 aliphatic heterocycles. The lowest BCUT2D eigenvalue weighted by Crippen LogP contribution is -2.36. The van der Waals surface area contributed by atoms with Crippen molar-refractivity contribution >= 4 is 5.69 Å². The topological polar surface area (TPSA) is 29.3 Å². The van der Waals surface area contributed by atoms with E-state index in [2.05, 4.69) is 43.9 Å². The molecule has 0 unspecified atom stereocenters. The Balaban J connectivity index is 2.23. The summed E-state index contributed by atoms with van der Waals surface area (Å²) in [5, 5.41) is 0. The average Bonchev–Trinajstić information content (AvgIpc) is 2.90. The largest absolute Gasteiger partial charge is 0.368 e. The van der Waals surface area contributed by atoms with E-state index in [-0.39, 0.29) is 0 Å². The van der Waals surface area contributed by atoms with Crippen LogP contribution in [0.2, 0.25) is 0 Å². The molecule has 2 heteroatoms. The second kappa shape index (κ2) is 7.12. The van der Waals surface area contributed by atoms with Crippen molar-refractivity contribution < 1.29 is 0 Å². The van der Waals surface area contributed by atoms with Crippen LogP contribution in [0, 0.1) is 12.8 Å². The fourth-order valence-electron chi connectivity index (χ4n) is 3.42. The molecule has 0 radical (unpaired) electrons. The number of aryl methyl sites for hydroxylation is 1. The van der Waals surface area contributed by atoms with Crippen molar-refractivity contribution in [1.29, 1.82) is 0 Å². The van der Waals surface area contributed by atoms with Crippen LogP contribution in [-0.4, -0.2) is 19.1 Å². The molecule has 1 aromatic carbocycles. The summed E-state index contributed by atoms with van der Waals surface area (Å²) in [6.07, 6.45) is 6.48. The molecule has 2 N–H and O–H groups in total. The van der Waals surface area contributed by atoms with Gasteiger partial charge >= 0.3 is 0 Å². The molecule has 0 atom stereocenters. The number of nitrogens with two attached hydrogens (primary N) is 1. The van der Waals surface area contributed by atoms with Crippen LogP contribution >= 0.6 is 0 Å². The third-order valence-electron chi connectivity index (χ3n) is 4.33. The highest BCUT2D eigenvalue weighted by Crippen LogP contribution is 2.31. The van der Waals surface area contributed by atoms with Crippen LogP contribution in [-0.2, 0) is 6.42 Å². The van der Waals surface area contributed by atoms with Crippen molar-refractivity contribution in [3.63, 3.8) is 0 Å². The molecular weight excluding hydrogens is 244 g/mol. The first-order valence-electron chi connectivity index (χ1n) is 8.18. The fourth-order valence-corrected chi connectivity index (χ4v) is 3.42. The maximum atomic E-state index is 5.66. The Labute approximate surface area is 124 Å². The number of hydrogen-bond donors (Lipinski definition) is 1. The van der Waals surface area contributed by atoms with E-state index < -0.39 is 0 Å². The molecule has 0 heterocycles. The van der Waals surface area contributed by atoms with Crippen molar-refractivity contribution in [3.8, 4) is 0 Å². The Morgan fingerprint density at radius 1 is 1.25 bits per heavy atom. The Bertz CT molecular complexity index is 419. The Morgan fingerprint density at radius 3 is 2.50 bits per heavy atom. The van der Waals surface area contributed by atoms with E-state index in [1.165, 1.54) is 49.0 Å². The van der Waals surface area contributed by atoms with Gasteiger partial charge in [0.2, 0.25) is 0 Å². The van der Waals surface area contributed by atoms with Crippen LogP contribution in [0.1, 0.15) is 50.7 Å². The molecular formula is C18H30N2. The van der Waals surface area contributed by atoms with E-state index in [1.807, 2.05) is 0 Å². The predicted octanol–water partition coefficient (Wildman–Crippen LogP) is 3.90. The zero-order valence-electron chi connectivity index (χ0n) is 13.4. The summed E-state index contributed by atoms with van der Waals surface area (Å²) in [6.45, 7) is 8.79. The molecule has 1 fully saturated rings. The zero-order chi connectivity index (χ0) is 14.5. The Hall–Kier alpha value is -1.02. The van der Waals surface area contributed by atoms with Crippen LogP contribution in [0.4, 0.5) is 5.69 Å². The second-order valence-electron chi connectivity index (χ2n) is 6.64. The fraction of sp³-hybridized carbons (Fsp3) is 0.667. The van der Waals surface area contributed by atoms with Crippen LogP contribution in [0.5, 0.6) is 0 Å². The van der Waals surface area contributed by atoms with Gasteiger partial charge in [-0.25, -0.2) is 0 Å². The summed E-state index contributed by atoms with van der Waals surface area (Å²) in [7, 11) is 0. The lowest BCUT2D eigenvalue weighted by molar-refractivity contribution is 0.535. The highest BCUT2D eigenvalue weighted by molar-refractivity contribution is 5.55. The van der Waals surface area contributed by atoms with Gasteiger partial charge in [-0.05, 0) is 55.8 Å². The van der Waals surface area contributed by atoms with Crippen LogP contribution in [0.25, 0.3) is 0 Å². The average molecular weight is 274 g/mol. The lowest BCUT2D eigenvalue weighted by Gasteiger charge is -2.34. The van der Waals surface area contributed by atoms with Crippen LogP contribution < -0.4 is 10.6 Å². The van der Waals surface area contributed by atoms with Crippen molar-refractivity contribution in [2.75, 3.05) is 18.0 Å². The van der Waals surface area contributed by atoms with Gasteiger partial charge in [-0.1, -0.05) is 38.8 Å². The van der Waals surface area contributed by atoms with E-state index in [0.29, 0.717) is 5.92 Å². The van der Waals surface area contributed by atoms with Gasteiger partial charge in [0.15, 0.2) is 0 Å². The number of nitrogens with zero attached hydrogens (tertiary/aromatic N) is 1. The van der Waals surface area contributed by atoms with Gasteiger partial charge in [-0.2, -0.15) is 0 Å². The monoisotopic (exact) mass is 274 g/mol. The van der Waals surface area contributed by atoms with Gasteiger partial charge in [-0.3, -0.25) is 0 Å². The molecule has 0 saturated heterocycles. The summed E-state index contributed by atoms with van der Waals surface area (Å²) in [5.41, 5.74) is 9.87. The van der Waals surface area contributed by atoms with Gasteiger partial charge in [0, 0.05) is 18.3 Å². The quantitative estimate of drug-likeness (QED) is 0.852. The summed E-state index contributed by atoms with van der Waals surface area (Å²) in [5.74, 6) is 0.707. The summed E-state index contributed by atoms with van der Waals surface area (Å²) < 4.78 is 0. The Kier molecular flexibility index (Phi) is 5.47. The van der Waals surface area contributed by atoms with Gasteiger partial charge < -0.3 is 10.6 Å². The summed E-state index contributed by atoms with van der Waals surface area (Å²) >= 11 is 0. The SMILES string of the molecule is Cc1cc(CCN)ccc1N(CC(C)C)C1CCCC1. The van der Waals surface area contributed by atoms with Crippen molar-refractivity contribution in [2.45, 2.75) is 58.9 Å². The number of hydrogen-bond acceptors (Lipinski definition) is 2. The normalized spacial score (nSPS) is 16.1. The minimum Gasteiger partial charge on any atom is -0.368 e. The molecule has 112 valence electrons. The van der Waals surface area contributed by atoms with Crippen molar-refractivity contribution in [3.05, 3.63) is 29.3 Å². The van der Waals surface area contributed by atoms with Crippen LogP contribution in [0.3, 0.4) is 0 Å². The molecule has 1 aromatic rings. The predicted molar refractivity (Wildman–Crippen MR) is 88.4 cm³/mol. The molecule has 2 nitrogen and oxygen atoms in total. The van der Waals surface area contributed by atoms with Gasteiger partial charge in [0.05, 0.1) is 0 Å². The first-order chi connectivity index (χ1) is 9.61. The summed E-state index contributed by atoms with van der Waals surface area (Å²) in [6, 6.07) is 7.65. The summed E-state index contributed by atoms with van der Waals surface area (Å²) in [4.78, 5) is 2.67. The molecule has 0 amide bonds. The maximum Gasteiger partial charge on any atom is 0.0398 e. The van der Waals surface area contributed by atoms with Crippen molar-refractivity contribution in [2.24, 2.45) is 11.7 Å². The number of benzene rings is 1. The highest BCUT2D eigenvalue weighted by atomic mass is 15.2. The third-order valence-corrected chi connectivity index (χ3v) is 4.33. The van der Waals surface area contributed by atoms with Crippen molar-refractivity contribution in [1.82, 2.24) is 0 Å². The smallest absolute Gasteiger partial charge is 0.0398 e. The molecule has 0 spiro atoms. The molecule has 0 aromatic heterocycles. The van der Waals surface area contributed by atoms with E-state index >= 15 is 0 Å². The standard InChI is InChI=1S/C18H30N2/c1-14(2)13-20(17-6-4-5-7-17)18-9-8-16(10-11-19)12-15(18)3/h8-9,12,14,17H,4-7,10-11,13,19H2,1-3H3. The Morgan fingerprint density at radius 2 is 1.95 bits per heavy atom. The third kappa shape index (κ3) is 3.76. The first kappa shape index (κ1) is 15.4. The molecule has 1 saturated carbocycles. The minimum absolute atomic E-state index is 0.707. The lowest BCUT2D eigenvalue weighted by atomic mass is 10.0. The molecule has 2 rings (SSSR count). The number of anilines is 1. The maximum absolute atomic E-state index is 5.66. The zero-order valence-corrected chi connectivity index (χ0v) is 13.4. The van der Waals surface area contributed by atoms with E-state index in [9.17, 15) is 0 Å². The van der Waals surface area contributed by atoms with E-state index in [1.54, 1.807) is 0 Å². The van der Waals surface area contributed by atoms with Gasteiger partial charge in [0.1, 0.15) is 0 Å². The van der Waals surface area contributed by atoms with Gasteiger partial charge in [0.25, 0.3) is 0 Å². The molecule has 1 aliphatic rings. The first-order valence-corrected chi connectivity index (χ1v) is 8.18. The highest BCUT2D eigenvalue weighted by Gasteiger charge is 2.24. The molecule has 0 bridgehead atoms. The van der Waals surface area contributed by atoms with Gasteiger partial charge in [-0.15, -0.1) is 0 Å². The minimum atomic E-state index is 0.707. The molecule has 20 heavy (non-hydrogen) atoms. The van der Waals surface area contributed by atoms with E-state index in [0.717, 1.165) is 19.0 Å². The molecule has 1 aliphatic carbocycles.